The Morgan fingerprint density at radius 1 is 0.963 bits per heavy atom. The molecule has 4 rings (SSSR count). The van der Waals surface area contributed by atoms with Crippen LogP contribution in [0.4, 0.5) is 8.78 Å². The van der Waals surface area contributed by atoms with Crippen LogP contribution in [0.2, 0.25) is 5.02 Å². The van der Waals surface area contributed by atoms with Crippen molar-refractivity contribution >= 4 is 22.5 Å². The highest BCUT2D eigenvalue weighted by atomic mass is 35.5. The molecule has 0 saturated carbocycles. The Hall–Kier alpha value is -3.05. The molecule has 0 bridgehead atoms. The van der Waals surface area contributed by atoms with Crippen molar-refractivity contribution in [1.82, 2.24) is 9.78 Å². The van der Waals surface area contributed by atoms with Gasteiger partial charge in [0.15, 0.2) is 0 Å². The van der Waals surface area contributed by atoms with Crippen LogP contribution in [0, 0.1) is 11.6 Å². The fraction of sp³-hybridized carbons (Fsp3) is 0.0476. The predicted molar refractivity (Wildman–Crippen MR) is 102 cm³/mol. The average molecular weight is 383 g/mol. The van der Waals surface area contributed by atoms with E-state index in [2.05, 4.69) is 5.10 Å². The summed E-state index contributed by atoms with van der Waals surface area (Å²) >= 11 is 5.93. The average Bonchev–Trinajstić information content (AvgIpc) is 2.67. The second kappa shape index (κ2) is 6.93. The van der Waals surface area contributed by atoms with Gasteiger partial charge >= 0.3 is 0 Å². The maximum absolute atomic E-state index is 14.1. The van der Waals surface area contributed by atoms with Crippen LogP contribution in [0.1, 0.15) is 5.56 Å². The molecule has 4 aromatic rings. The normalized spacial score (nSPS) is 11.1. The monoisotopic (exact) mass is 382 g/mol. The first-order chi connectivity index (χ1) is 13.0. The first-order valence-electron chi connectivity index (χ1n) is 8.22. The van der Waals surface area contributed by atoms with Crippen LogP contribution in [-0.4, -0.2) is 9.78 Å². The number of fused-ring (bicyclic) bond motifs is 1. The lowest BCUT2D eigenvalue weighted by Gasteiger charge is -2.13. The van der Waals surface area contributed by atoms with Gasteiger partial charge in [-0.25, -0.2) is 8.78 Å². The van der Waals surface area contributed by atoms with Crippen molar-refractivity contribution in [3.63, 3.8) is 0 Å². The molecule has 0 aliphatic carbocycles. The van der Waals surface area contributed by atoms with Crippen LogP contribution >= 0.6 is 11.6 Å². The highest BCUT2D eigenvalue weighted by Gasteiger charge is 2.14. The molecule has 1 heterocycles. The summed E-state index contributed by atoms with van der Waals surface area (Å²) in [5.74, 6) is -1.30. The topological polar surface area (TPSA) is 34.9 Å². The van der Waals surface area contributed by atoms with Gasteiger partial charge in [0.2, 0.25) is 5.43 Å². The summed E-state index contributed by atoms with van der Waals surface area (Å²) in [6, 6.07) is 17.2. The molecular formula is C21H13ClF2N2O. The van der Waals surface area contributed by atoms with E-state index in [-0.39, 0.29) is 23.2 Å². The summed E-state index contributed by atoms with van der Waals surface area (Å²) < 4.78 is 28.9. The fourth-order valence-electron chi connectivity index (χ4n) is 2.97. The van der Waals surface area contributed by atoms with Crippen molar-refractivity contribution < 1.29 is 8.78 Å². The van der Waals surface area contributed by atoms with E-state index in [1.807, 2.05) is 0 Å². The van der Waals surface area contributed by atoms with Crippen LogP contribution in [0.5, 0.6) is 0 Å². The molecule has 3 aromatic carbocycles. The van der Waals surface area contributed by atoms with E-state index in [0.717, 1.165) is 6.07 Å². The molecule has 0 N–H and O–H groups in total. The quantitative estimate of drug-likeness (QED) is 0.497. The lowest BCUT2D eigenvalue weighted by molar-refractivity contribution is 0.560. The van der Waals surface area contributed by atoms with Gasteiger partial charge in [-0.05, 0) is 30.3 Å². The van der Waals surface area contributed by atoms with Gasteiger partial charge in [-0.15, -0.1) is 0 Å². The van der Waals surface area contributed by atoms with Crippen molar-refractivity contribution in [2.45, 2.75) is 6.54 Å². The Kier molecular flexibility index (Phi) is 4.46. The highest BCUT2D eigenvalue weighted by Crippen LogP contribution is 2.21. The SMILES string of the molecule is O=c1c(-c2ccc(Cl)cc2)nn(Cc2ccc(F)cc2F)c2ccccc12. The molecular weight excluding hydrogens is 370 g/mol. The molecule has 134 valence electrons. The molecule has 1 aromatic heterocycles. The molecule has 0 aliphatic rings. The maximum Gasteiger partial charge on any atom is 0.215 e. The van der Waals surface area contributed by atoms with Crippen LogP contribution in [0.25, 0.3) is 22.2 Å². The summed E-state index contributed by atoms with van der Waals surface area (Å²) in [4.78, 5) is 12.9. The van der Waals surface area contributed by atoms with Crippen LogP contribution in [-0.2, 0) is 6.54 Å². The second-order valence-electron chi connectivity index (χ2n) is 6.10. The standard InChI is InChI=1S/C21H13ClF2N2O/c22-15-8-5-13(6-9-15)20-21(27)17-3-1-2-4-19(17)26(25-20)12-14-7-10-16(23)11-18(14)24/h1-11H,12H2. The molecule has 0 unspecified atom stereocenters. The number of rotatable bonds is 3. The van der Waals surface area contributed by atoms with Gasteiger partial charge in [0.05, 0.1) is 12.1 Å². The minimum atomic E-state index is -0.660. The van der Waals surface area contributed by atoms with Crippen LogP contribution in [0.3, 0.4) is 0 Å². The largest absolute Gasteiger partial charge is 0.287 e. The molecule has 6 heteroatoms. The third-order valence-electron chi connectivity index (χ3n) is 4.32. The molecule has 3 nitrogen and oxygen atoms in total. The summed E-state index contributed by atoms with van der Waals surface area (Å²) in [6.45, 7) is 0.0630. The third-order valence-corrected chi connectivity index (χ3v) is 4.57. The summed E-state index contributed by atoms with van der Waals surface area (Å²) in [6.07, 6.45) is 0. The van der Waals surface area contributed by atoms with Gasteiger partial charge in [-0.1, -0.05) is 41.9 Å². The molecule has 0 fully saturated rings. The molecule has 27 heavy (non-hydrogen) atoms. The van der Waals surface area contributed by atoms with E-state index < -0.39 is 11.6 Å². The zero-order valence-electron chi connectivity index (χ0n) is 14.0. The molecule has 0 aliphatic heterocycles. The Labute approximate surface area is 158 Å². The zero-order valence-corrected chi connectivity index (χ0v) is 14.8. The molecule has 0 amide bonds. The third kappa shape index (κ3) is 3.34. The predicted octanol–water partition coefficient (Wildman–Crippen LogP) is 5.04. The van der Waals surface area contributed by atoms with Gasteiger partial charge in [-0.3, -0.25) is 9.48 Å². The first-order valence-corrected chi connectivity index (χ1v) is 8.60. The fourth-order valence-corrected chi connectivity index (χ4v) is 3.09. The van der Waals surface area contributed by atoms with E-state index in [4.69, 9.17) is 11.6 Å². The van der Waals surface area contributed by atoms with Crippen molar-refractivity contribution in [3.05, 3.63) is 99.2 Å². The lowest BCUT2D eigenvalue weighted by atomic mass is 10.1. The number of halogens is 3. The smallest absolute Gasteiger partial charge is 0.215 e. The first kappa shape index (κ1) is 17.4. The summed E-state index contributed by atoms with van der Waals surface area (Å²) in [5, 5.41) is 5.48. The van der Waals surface area contributed by atoms with Crippen molar-refractivity contribution in [3.8, 4) is 11.3 Å². The van der Waals surface area contributed by atoms with Crippen molar-refractivity contribution in [2.24, 2.45) is 0 Å². The summed E-state index contributed by atoms with van der Waals surface area (Å²) in [5.41, 5.74) is 1.49. The van der Waals surface area contributed by atoms with E-state index in [9.17, 15) is 13.6 Å². The second-order valence-corrected chi connectivity index (χ2v) is 6.53. The maximum atomic E-state index is 14.1. The van der Waals surface area contributed by atoms with Crippen molar-refractivity contribution in [1.29, 1.82) is 0 Å². The van der Waals surface area contributed by atoms with E-state index in [1.54, 1.807) is 53.2 Å². The zero-order chi connectivity index (χ0) is 19.0. The highest BCUT2D eigenvalue weighted by molar-refractivity contribution is 6.30. The van der Waals surface area contributed by atoms with Crippen molar-refractivity contribution in [2.75, 3.05) is 0 Å². The Morgan fingerprint density at radius 2 is 1.70 bits per heavy atom. The number of hydrogen-bond donors (Lipinski definition) is 0. The Balaban J connectivity index is 1.92. The number of aromatic nitrogens is 2. The van der Waals surface area contributed by atoms with Gasteiger partial charge in [0.1, 0.15) is 17.3 Å². The minimum Gasteiger partial charge on any atom is -0.287 e. The Morgan fingerprint density at radius 3 is 2.44 bits per heavy atom. The number of benzene rings is 3. The molecule has 0 atom stereocenters. The van der Waals surface area contributed by atoms with Crippen LogP contribution < -0.4 is 5.43 Å². The van der Waals surface area contributed by atoms with Gasteiger partial charge in [0, 0.05) is 27.6 Å². The number of hydrogen-bond acceptors (Lipinski definition) is 2. The van der Waals surface area contributed by atoms with Gasteiger partial charge in [0.25, 0.3) is 0 Å². The Bertz CT molecular complexity index is 1200. The van der Waals surface area contributed by atoms with Crippen LogP contribution in [0.15, 0.2) is 71.5 Å². The lowest BCUT2D eigenvalue weighted by Crippen LogP contribution is -2.17. The number of para-hydroxylation sites is 1. The van der Waals surface area contributed by atoms with Gasteiger partial charge in [-0.2, -0.15) is 5.10 Å². The number of nitrogens with zero attached hydrogens (tertiary/aromatic N) is 2. The van der Waals surface area contributed by atoms with E-state index in [0.29, 0.717) is 21.5 Å². The van der Waals surface area contributed by atoms with Gasteiger partial charge < -0.3 is 0 Å². The molecule has 0 radical (unpaired) electrons. The van der Waals surface area contributed by atoms with E-state index in [1.165, 1.54) is 12.1 Å². The molecule has 0 saturated heterocycles. The molecule has 0 spiro atoms. The minimum absolute atomic E-state index is 0.0630. The summed E-state index contributed by atoms with van der Waals surface area (Å²) in [7, 11) is 0. The van der Waals surface area contributed by atoms with E-state index >= 15 is 0 Å².